The molecule has 0 aliphatic rings. The van der Waals surface area contributed by atoms with Crippen LogP contribution in [-0.2, 0) is 17.8 Å². The quantitative estimate of drug-likeness (QED) is 0.551. The Morgan fingerprint density at radius 3 is 2.21 bits per heavy atom. The first-order chi connectivity index (χ1) is 13.9. The fraction of sp³-hybridized carbons (Fsp3) is 0.391. The first kappa shape index (κ1) is 22.3. The summed E-state index contributed by atoms with van der Waals surface area (Å²) in [5, 5.41) is 3.40. The molecule has 0 fully saturated rings. The van der Waals surface area contributed by atoms with Crippen LogP contribution in [0.5, 0.6) is 5.75 Å². The molecule has 0 aromatic heterocycles. The molecule has 0 spiro atoms. The second kappa shape index (κ2) is 11.1. The van der Waals surface area contributed by atoms with Crippen LogP contribution in [-0.4, -0.2) is 63.0 Å². The van der Waals surface area contributed by atoms with Crippen molar-refractivity contribution in [3.05, 3.63) is 65.2 Å². The largest absolute Gasteiger partial charge is 0.497 e. The minimum absolute atomic E-state index is 0.0248. The third-order valence-corrected chi connectivity index (χ3v) is 4.62. The molecule has 2 aromatic rings. The Bertz CT molecular complexity index is 799. The van der Waals surface area contributed by atoms with Crippen LogP contribution in [0.25, 0.3) is 0 Å². The number of aryl methyl sites for hydroxylation is 1. The highest BCUT2D eigenvalue weighted by Gasteiger charge is 2.10. The number of nitrogens with zero attached hydrogens (tertiary/aromatic N) is 3. The van der Waals surface area contributed by atoms with Gasteiger partial charge in [0.2, 0.25) is 5.91 Å². The summed E-state index contributed by atoms with van der Waals surface area (Å²) in [5.74, 6) is 1.54. The summed E-state index contributed by atoms with van der Waals surface area (Å²) in [5.41, 5.74) is 3.64. The van der Waals surface area contributed by atoms with E-state index in [9.17, 15) is 4.79 Å². The first-order valence-corrected chi connectivity index (χ1v) is 9.77. The monoisotopic (exact) mass is 396 g/mol. The summed E-state index contributed by atoms with van der Waals surface area (Å²) in [6.45, 7) is 3.63. The number of hydrogen-bond donors (Lipinski definition) is 1. The van der Waals surface area contributed by atoms with E-state index in [1.165, 1.54) is 16.7 Å². The number of methoxy groups -OCH3 is 1. The van der Waals surface area contributed by atoms with E-state index in [-0.39, 0.29) is 12.5 Å². The number of carbonyl (C=O) groups excluding carboxylic acids is 1. The Kier molecular flexibility index (Phi) is 8.52. The third-order valence-electron chi connectivity index (χ3n) is 4.62. The van der Waals surface area contributed by atoms with E-state index in [4.69, 9.17) is 4.74 Å². The van der Waals surface area contributed by atoms with E-state index in [0.29, 0.717) is 12.5 Å². The number of carbonyl (C=O) groups is 1. The first-order valence-electron chi connectivity index (χ1n) is 9.77. The molecule has 0 saturated carbocycles. The third kappa shape index (κ3) is 7.49. The van der Waals surface area contributed by atoms with Crippen LogP contribution < -0.4 is 10.1 Å². The van der Waals surface area contributed by atoms with Crippen molar-refractivity contribution in [1.29, 1.82) is 0 Å². The number of nitrogens with one attached hydrogen (secondary N) is 1. The van der Waals surface area contributed by atoms with E-state index in [1.54, 1.807) is 26.1 Å². The molecule has 0 bridgehead atoms. The van der Waals surface area contributed by atoms with Gasteiger partial charge < -0.3 is 19.9 Å². The number of aliphatic imine (C=N–C) groups is 1. The van der Waals surface area contributed by atoms with Gasteiger partial charge in [0.1, 0.15) is 12.3 Å². The number of hydrogen-bond acceptors (Lipinski definition) is 3. The summed E-state index contributed by atoms with van der Waals surface area (Å²) in [4.78, 5) is 20.1. The van der Waals surface area contributed by atoms with Gasteiger partial charge in [-0.2, -0.15) is 0 Å². The van der Waals surface area contributed by atoms with Gasteiger partial charge in [0.25, 0.3) is 0 Å². The van der Waals surface area contributed by atoms with Crippen molar-refractivity contribution in [3.8, 4) is 5.75 Å². The fourth-order valence-corrected chi connectivity index (χ4v) is 2.75. The lowest BCUT2D eigenvalue weighted by molar-refractivity contribution is -0.127. The molecule has 0 saturated heterocycles. The van der Waals surface area contributed by atoms with Gasteiger partial charge in [0.15, 0.2) is 5.96 Å². The van der Waals surface area contributed by atoms with Gasteiger partial charge in [0.05, 0.1) is 7.11 Å². The Balaban J connectivity index is 2.01. The zero-order valence-corrected chi connectivity index (χ0v) is 18.1. The zero-order valence-electron chi connectivity index (χ0n) is 18.1. The molecule has 1 N–H and O–H groups in total. The van der Waals surface area contributed by atoms with Crippen LogP contribution in [0.4, 0.5) is 0 Å². The van der Waals surface area contributed by atoms with Crippen molar-refractivity contribution in [2.75, 3.05) is 41.3 Å². The Morgan fingerprint density at radius 1 is 1.00 bits per heavy atom. The normalized spacial score (nSPS) is 11.1. The lowest BCUT2D eigenvalue weighted by Gasteiger charge is -2.23. The van der Waals surface area contributed by atoms with E-state index < -0.39 is 0 Å². The van der Waals surface area contributed by atoms with E-state index in [2.05, 4.69) is 53.6 Å². The van der Waals surface area contributed by atoms with Crippen molar-refractivity contribution in [2.24, 2.45) is 4.99 Å². The number of guanidine groups is 1. The topological polar surface area (TPSA) is 57.2 Å². The zero-order chi connectivity index (χ0) is 21.2. The molecule has 0 aliphatic carbocycles. The second-order valence-corrected chi connectivity index (χ2v) is 7.29. The average Bonchev–Trinajstić information content (AvgIpc) is 2.72. The van der Waals surface area contributed by atoms with Gasteiger partial charge in [-0.1, -0.05) is 42.0 Å². The molecule has 1 amide bonds. The standard InChI is InChI=1S/C23H32N4O2/c1-18-6-8-20(9-7-18)17-27(4)23(25-16-22(28)26(2)3)24-15-14-19-10-12-21(29-5)13-11-19/h6-13H,14-17H2,1-5H3,(H,24,25). The molecule has 0 atom stereocenters. The molecule has 0 unspecified atom stereocenters. The predicted molar refractivity (Wildman–Crippen MR) is 118 cm³/mol. The average molecular weight is 397 g/mol. The highest BCUT2D eigenvalue weighted by Crippen LogP contribution is 2.11. The van der Waals surface area contributed by atoms with E-state index in [0.717, 1.165) is 18.7 Å². The van der Waals surface area contributed by atoms with Gasteiger partial charge in [-0.05, 0) is 36.6 Å². The summed E-state index contributed by atoms with van der Waals surface area (Å²) < 4.78 is 5.20. The van der Waals surface area contributed by atoms with Crippen LogP contribution in [0.3, 0.4) is 0 Å². The minimum Gasteiger partial charge on any atom is -0.497 e. The molecule has 0 radical (unpaired) electrons. The van der Waals surface area contributed by atoms with Gasteiger partial charge >= 0.3 is 0 Å². The van der Waals surface area contributed by atoms with Crippen LogP contribution in [0.15, 0.2) is 53.5 Å². The van der Waals surface area contributed by atoms with E-state index in [1.807, 2.05) is 24.1 Å². The van der Waals surface area contributed by atoms with Crippen LogP contribution in [0.2, 0.25) is 0 Å². The summed E-state index contributed by atoms with van der Waals surface area (Å²) in [7, 11) is 7.13. The molecular formula is C23H32N4O2. The van der Waals surface area contributed by atoms with Gasteiger partial charge in [0, 0.05) is 34.2 Å². The fourth-order valence-electron chi connectivity index (χ4n) is 2.75. The minimum atomic E-state index is -0.0248. The molecule has 156 valence electrons. The number of rotatable bonds is 8. The Morgan fingerprint density at radius 2 is 1.62 bits per heavy atom. The molecular weight excluding hydrogens is 364 g/mol. The molecule has 29 heavy (non-hydrogen) atoms. The molecule has 2 aromatic carbocycles. The summed E-state index contributed by atoms with van der Waals surface area (Å²) in [6.07, 6.45) is 0.850. The highest BCUT2D eigenvalue weighted by molar-refractivity contribution is 5.84. The lowest BCUT2D eigenvalue weighted by Crippen LogP contribution is -2.40. The summed E-state index contributed by atoms with van der Waals surface area (Å²) in [6, 6.07) is 16.5. The number of ether oxygens (including phenoxy) is 1. The maximum atomic E-state index is 12.0. The second-order valence-electron chi connectivity index (χ2n) is 7.29. The van der Waals surface area contributed by atoms with Crippen molar-refractivity contribution in [3.63, 3.8) is 0 Å². The molecule has 0 heterocycles. The Hall–Kier alpha value is -3.02. The van der Waals surface area contributed by atoms with Crippen LogP contribution in [0.1, 0.15) is 16.7 Å². The van der Waals surface area contributed by atoms with Crippen LogP contribution >= 0.6 is 0 Å². The van der Waals surface area contributed by atoms with Crippen molar-refractivity contribution in [2.45, 2.75) is 19.9 Å². The van der Waals surface area contributed by atoms with Crippen molar-refractivity contribution >= 4 is 11.9 Å². The Labute approximate surface area is 174 Å². The van der Waals surface area contributed by atoms with Gasteiger partial charge in [-0.25, -0.2) is 4.99 Å². The van der Waals surface area contributed by atoms with E-state index >= 15 is 0 Å². The molecule has 2 rings (SSSR count). The highest BCUT2D eigenvalue weighted by atomic mass is 16.5. The summed E-state index contributed by atoms with van der Waals surface area (Å²) >= 11 is 0. The molecule has 6 nitrogen and oxygen atoms in total. The maximum Gasteiger partial charge on any atom is 0.243 e. The van der Waals surface area contributed by atoms with Crippen molar-refractivity contribution < 1.29 is 9.53 Å². The molecule has 0 aliphatic heterocycles. The molecule has 6 heteroatoms. The lowest BCUT2D eigenvalue weighted by atomic mass is 10.1. The predicted octanol–water partition coefficient (Wildman–Crippen LogP) is 2.71. The maximum absolute atomic E-state index is 12.0. The van der Waals surface area contributed by atoms with Gasteiger partial charge in [-0.15, -0.1) is 0 Å². The SMILES string of the molecule is COc1ccc(CCNC(=NCC(=O)N(C)C)N(C)Cc2ccc(C)cc2)cc1. The number of benzene rings is 2. The van der Waals surface area contributed by atoms with Crippen molar-refractivity contribution in [1.82, 2.24) is 15.1 Å². The smallest absolute Gasteiger partial charge is 0.243 e. The number of likely N-dealkylation sites (N-methyl/N-ethyl adjacent to an activating group) is 1. The number of amides is 1. The van der Waals surface area contributed by atoms with Gasteiger partial charge in [-0.3, -0.25) is 4.79 Å². The van der Waals surface area contributed by atoms with Crippen LogP contribution in [0, 0.1) is 6.92 Å².